The predicted molar refractivity (Wildman–Crippen MR) is 94.9 cm³/mol. The van der Waals surface area contributed by atoms with Gasteiger partial charge in [-0.15, -0.1) is 0 Å². The zero-order chi connectivity index (χ0) is 22.3. The molecule has 2 bridgehead atoms. The first-order chi connectivity index (χ1) is 14.4. The van der Waals surface area contributed by atoms with Gasteiger partial charge in [0.15, 0.2) is 12.2 Å². The highest BCUT2D eigenvalue weighted by atomic mass is 19.4. The standard InChI is InChI=1S/C22H17F7O2/c23-14-4-5-16(17(24)7-14)20(11-31-20)22(28,29)19-8-18(9-19,10-19)13-2-1-3-15(6-13)30-12-21(25,26)27/h1-7H,8-12H2. The first-order valence-electron chi connectivity index (χ1n) is 9.70. The molecule has 1 aliphatic heterocycles. The Hall–Kier alpha value is -2.29. The second-order valence-electron chi connectivity index (χ2n) is 8.84. The van der Waals surface area contributed by atoms with Crippen LogP contribution < -0.4 is 4.74 Å². The summed E-state index contributed by atoms with van der Waals surface area (Å²) in [5.74, 6) is -5.30. The molecule has 3 aliphatic carbocycles. The summed E-state index contributed by atoms with van der Waals surface area (Å²) >= 11 is 0. The molecule has 1 saturated heterocycles. The molecule has 0 radical (unpaired) electrons. The Bertz CT molecular complexity index is 1020. The third kappa shape index (κ3) is 2.88. The van der Waals surface area contributed by atoms with Gasteiger partial charge in [-0.1, -0.05) is 12.1 Å². The Morgan fingerprint density at radius 1 is 0.935 bits per heavy atom. The summed E-state index contributed by atoms with van der Waals surface area (Å²) in [4.78, 5) is 0. The van der Waals surface area contributed by atoms with Gasteiger partial charge in [0, 0.05) is 17.0 Å². The fourth-order valence-corrected chi connectivity index (χ4v) is 5.33. The lowest BCUT2D eigenvalue weighted by Gasteiger charge is -2.73. The van der Waals surface area contributed by atoms with E-state index in [4.69, 9.17) is 9.47 Å². The quantitative estimate of drug-likeness (QED) is 0.408. The summed E-state index contributed by atoms with van der Waals surface area (Å²) in [6.07, 6.45) is -4.18. The first-order valence-corrected chi connectivity index (χ1v) is 9.70. The Morgan fingerprint density at radius 3 is 2.19 bits per heavy atom. The molecular formula is C22H17F7O2. The maximum absolute atomic E-state index is 15.6. The van der Waals surface area contributed by atoms with Crippen molar-refractivity contribution >= 4 is 0 Å². The Balaban J connectivity index is 1.35. The molecule has 31 heavy (non-hydrogen) atoms. The second-order valence-corrected chi connectivity index (χ2v) is 8.84. The predicted octanol–water partition coefficient (Wildman–Crippen LogP) is 5.89. The minimum atomic E-state index is -4.48. The van der Waals surface area contributed by atoms with Gasteiger partial charge in [-0.3, -0.25) is 0 Å². The molecule has 2 aromatic carbocycles. The van der Waals surface area contributed by atoms with Crippen molar-refractivity contribution in [1.29, 1.82) is 0 Å². The van der Waals surface area contributed by atoms with E-state index in [-0.39, 0.29) is 37.2 Å². The van der Waals surface area contributed by atoms with E-state index in [1.54, 1.807) is 6.07 Å². The molecule has 166 valence electrons. The van der Waals surface area contributed by atoms with E-state index >= 15 is 8.78 Å². The Kier molecular flexibility index (Phi) is 4.09. The van der Waals surface area contributed by atoms with Crippen LogP contribution in [0.15, 0.2) is 42.5 Å². The molecule has 9 heteroatoms. The van der Waals surface area contributed by atoms with Crippen LogP contribution in [-0.4, -0.2) is 25.3 Å². The average molecular weight is 446 g/mol. The minimum Gasteiger partial charge on any atom is -0.484 e. The topological polar surface area (TPSA) is 21.8 Å². The van der Waals surface area contributed by atoms with Crippen LogP contribution in [0, 0.1) is 17.0 Å². The monoisotopic (exact) mass is 446 g/mol. The van der Waals surface area contributed by atoms with E-state index < -0.39 is 46.8 Å². The van der Waals surface area contributed by atoms with Gasteiger partial charge in [0.25, 0.3) is 5.92 Å². The number of alkyl halides is 5. The minimum absolute atomic E-state index is 0.0238. The summed E-state index contributed by atoms with van der Waals surface area (Å²) < 4.78 is 106. The van der Waals surface area contributed by atoms with Crippen LogP contribution in [0.2, 0.25) is 0 Å². The lowest BCUT2D eigenvalue weighted by Crippen LogP contribution is -2.74. The average Bonchev–Trinajstić information content (AvgIpc) is 3.39. The van der Waals surface area contributed by atoms with Gasteiger partial charge in [-0.25, -0.2) is 17.6 Å². The second kappa shape index (κ2) is 6.15. The molecule has 0 aromatic heterocycles. The van der Waals surface area contributed by atoms with E-state index in [1.807, 2.05) is 0 Å². The fourth-order valence-electron chi connectivity index (χ4n) is 5.33. The third-order valence-corrected chi connectivity index (χ3v) is 6.85. The maximum Gasteiger partial charge on any atom is 0.422 e. The van der Waals surface area contributed by atoms with Gasteiger partial charge in [-0.05, 0) is 54.5 Å². The number of hydrogen-bond donors (Lipinski definition) is 0. The number of hydrogen-bond acceptors (Lipinski definition) is 2. The molecule has 1 atom stereocenters. The van der Waals surface area contributed by atoms with Gasteiger partial charge in [-0.2, -0.15) is 13.2 Å². The van der Waals surface area contributed by atoms with Gasteiger partial charge in [0.2, 0.25) is 0 Å². The van der Waals surface area contributed by atoms with Crippen LogP contribution in [0.1, 0.15) is 30.4 Å². The number of halogens is 7. The van der Waals surface area contributed by atoms with E-state index in [2.05, 4.69) is 0 Å². The zero-order valence-electron chi connectivity index (χ0n) is 16.0. The van der Waals surface area contributed by atoms with Crippen molar-refractivity contribution in [3.05, 3.63) is 65.2 Å². The van der Waals surface area contributed by atoms with Crippen LogP contribution in [0.3, 0.4) is 0 Å². The van der Waals surface area contributed by atoms with E-state index in [1.165, 1.54) is 18.2 Å². The Labute approximate surface area is 173 Å². The van der Waals surface area contributed by atoms with Crippen molar-refractivity contribution in [1.82, 2.24) is 0 Å². The molecule has 0 spiro atoms. The first kappa shape index (κ1) is 20.6. The van der Waals surface area contributed by atoms with E-state index in [9.17, 15) is 22.0 Å². The van der Waals surface area contributed by atoms with Crippen LogP contribution in [0.4, 0.5) is 30.7 Å². The van der Waals surface area contributed by atoms with Crippen LogP contribution in [0.5, 0.6) is 5.75 Å². The molecular weight excluding hydrogens is 429 g/mol. The van der Waals surface area contributed by atoms with Gasteiger partial charge in [0.05, 0.1) is 6.61 Å². The number of ether oxygens (including phenoxy) is 2. The summed E-state index contributed by atoms with van der Waals surface area (Å²) in [6.45, 7) is -1.80. The highest BCUT2D eigenvalue weighted by molar-refractivity contribution is 5.46. The molecule has 1 heterocycles. The molecule has 2 nitrogen and oxygen atoms in total. The molecule has 1 unspecified atom stereocenters. The fraction of sp³-hybridized carbons (Fsp3) is 0.455. The molecule has 6 rings (SSSR count). The molecule has 0 N–H and O–H groups in total. The van der Waals surface area contributed by atoms with Crippen LogP contribution >= 0.6 is 0 Å². The van der Waals surface area contributed by atoms with Crippen molar-refractivity contribution in [2.45, 2.75) is 42.4 Å². The number of benzene rings is 2. The molecule has 3 saturated carbocycles. The van der Waals surface area contributed by atoms with Crippen molar-refractivity contribution < 1.29 is 40.2 Å². The summed E-state index contributed by atoms with van der Waals surface area (Å²) in [7, 11) is 0. The lowest BCUT2D eigenvalue weighted by molar-refractivity contribution is -0.306. The van der Waals surface area contributed by atoms with Gasteiger partial charge in [0.1, 0.15) is 17.4 Å². The van der Waals surface area contributed by atoms with E-state index in [0.29, 0.717) is 11.6 Å². The molecule has 4 aliphatic rings. The largest absolute Gasteiger partial charge is 0.484 e. The van der Waals surface area contributed by atoms with Crippen LogP contribution in [-0.2, 0) is 15.8 Å². The van der Waals surface area contributed by atoms with Crippen molar-refractivity contribution in [3.63, 3.8) is 0 Å². The van der Waals surface area contributed by atoms with E-state index in [0.717, 1.165) is 12.1 Å². The van der Waals surface area contributed by atoms with Gasteiger partial charge < -0.3 is 9.47 Å². The highest BCUT2D eigenvalue weighted by Crippen LogP contribution is 2.81. The summed E-state index contributed by atoms with van der Waals surface area (Å²) in [6, 6.07) is 8.54. The van der Waals surface area contributed by atoms with Gasteiger partial charge >= 0.3 is 6.18 Å². The number of rotatable bonds is 6. The van der Waals surface area contributed by atoms with Crippen molar-refractivity contribution in [3.8, 4) is 5.75 Å². The SMILES string of the molecule is Fc1ccc(C2(C(F)(F)C34CC(c5cccc(OCC(F)(F)F)c5)(C3)C4)CO2)c(F)c1. The zero-order valence-corrected chi connectivity index (χ0v) is 16.0. The lowest BCUT2D eigenvalue weighted by atomic mass is 9.31. The van der Waals surface area contributed by atoms with Crippen molar-refractivity contribution in [2.75, 3.05) is 13.2 Å². The maximum atomic E-state index is 15.6. The molecule has 2 aromatic rings. The Morgan fingerprint density at radius 2 is 1.61 bits per heavy atom. The number of epoxide rings is 1. The van der Waals surface area contributed by atoms with Crippen LogP contribution in [0.25, 0.3) is 0 Å². The highest BCUT2D eigenvalue weighted by Gasteiger charge is 2.85. The summed E-state index contributed by atoms with van der Waals surface area (Å²) in [5, 5.41) is 0. The molecule has 0 amide bonds. The smallest absolute Gasteiger partial charge is 0.422 e. The third-order valence-electron chi connectivity index (χ3n) is 6.85. The molecule has 4 fully saturated rings. The van der Waals surface area contributed by atoms with Crippen molar-refractivity contribution in [2.24, 2.45) is 5.41 Å². The normalized spacial score (nSPS) is 31.6. The summed E-state index contributed by atoms with van der Waals surface area (Å²) in [5.41, 5.74) is -3.80.